The fraction of sp³-hybridized carbons (Fsp3) is 0.308. The first-order chi connectivity index (χ1) is 8.74. The topological polar surface area (TPSA) is 24.9 Å². The molecule has 5 heteroatoms. The molecule has 1 aromatic carbocycles. The third-order valence-electron chi connectivity index (χ3n) is 2.95. The van der Waals surface area contributed by atoms with Gasteiger partial charge in [0.1, 0.15) is 5.01 Å². The molecule has 1 aliphatic carbocycles. The van der Waals surface area contributed by atoms with Crippen LogP contribution in [0.2, 0.25) is 10.0 Å². The Morgan fingerprint density at radius 3 is 2.83 bits per heavy atom. The van der Waals surface area contributed by atoms with E-state index >= 15 is 0 Å². The molecule has 2 nitrogen and oxygen atoms in total. The van der Waals surface area contributed by atoms with Crippen molar-refractivity contribution < 1.29 is 0 Å². The minimum Gasteiger partial charge on any atom is -0.301 e. The number of thiazole rings is 1. The van der Waals surface area contributed by atoms with Crippen LogP contribution in [0.5, 0.6) is 0 Å². The van der Waals surface area contributed by atoms with Crippen molar-refractivity contribution in [1.29, 1.82) is 0 Å². The van der Waals surface area contributed by atoms with Gasteiger partial charge < -0.3 is 5.32 Å². The van der Waals surface area contributed by atoms with Gasteiger partial charge in [-0.25, -0.2) is 4.98 Å². The van der Waals surface area contributed by atoms with Crippen LogP contribution in [0.15, 0.2) is 29.8 Å². The molecular weight excluding hydrogens is 287 g/mol. The summed E-state index contributed by atoms with van der Waals surface area (Å²) in [4.78, 5) is 4.40. The normalized spacial score (nSPS) is 16.8. The van der Waals surface area contributed by atoms with Gasteiger partial charge in [0.15, 0.2) is 0 Å². The molecule has 1 fully saturated rings. The number of nitrogens with zero attached hydrogens (tertiary/aromatic N) is 1. The minimum absolute atomic E-state index is 0.0451. The molecule has 1 heterocycles. The molecule has 1 unspecified atom stereocenters. The lowest BCUT2D eigenvalue weighted by Gasteiger charge is -2.18. The van der Waals surface area contributed by atoms with Crippen molar-refractivity contribution in [3.63, 3.8) is 0 Å². The molecule has 2 aromatic rings. The monoisotopic (exact) mass is 298 g/mol. The lowest BCUT2D eigenvalue weighted by molar-refractivity contribution is 0.598. The molecule has 0 radical (unpaired) electrons. The van der Waals surface area contributed by atoms with Gasteiger partial charge in [-0.2, -0.15) is 0 Å². The second kappa shape index (κ2) is 5.17. The van der Waals surface area contributed by atoms with Crippen LogP contribution in [0.3, 0.4) is 0 Å². The molecule has 1 saturated carbocycles. The van der Waals surface area contributed by atoms with Crippen molar-refractivity contribution in [3.8, 4) is 0 Å². The van der Waals surface area contributed by atoms with Crippen LogP contribution in [0.25, 0.3) is 0 Å². The maximum Gasteiger partial charge on any atom is 0.114 e. The van der Waals surface area contributed by atoms with Crippen LogP contribution in [0.1, 0.15) is 29.5 Å². The number of rotatable bonds is 4. The Labute approximate surface area is 120 Å². The molecule has 1 aliphatic rings. The van der Waals surface area contributed by atoms with Gasteiger partial charge in [0.25, 0.3) is 0 Å². The summed E-state index contributed by atoms with van der Waals surface area (Å²) in [5.74, 6) is 0. The lowest BCUT2D eigenvalue weighted by Crippen LogP contribution is -2.24. The quantitative estimate of drug-likeness (QED) is 0.911. The molecule has 1 atom stereocenters. The zero-order valence-electron chi connectivity index (χ0n) is 9.57. The maximum atomic E-state index is 6.29. The molecule has 1 N–H and O–H groups in total. The van der Waals surface area contributed by atoms with Gasteiger partial charge in [-0.05, 0) is 36.6 Å². The SMILES string of the molecule is Clc1ccc(Cl)c(C(NC2CC2)c2nccs2)c1. The lowest BCUT2D eigenvalue weighted by atomic mass is 10.1. The number of hydrogen-bond donors (Lipinski definition) is 1. The molecular formula is C13H12Cl2N2S. The zero-order valence-corrected chi connectivity index (χ0v) is 11.9. The van der Waals surface area contributed by atoms with E-state index in [9.17, 15) is 0 Å². The smallest absolute Gasteiger partial charge is 0.114 e. The predicted octanol–water partition coefficient (Wildman–Crippen LogP) is 4.29. The highest BCUT2D eigenvalue weighted by Crippen LogP contribution is 2.34. The Bertz CT molecular complexity index is 538. The van der Waals surface area contributed by atoms with Crippen molar-refractivity contribution >= 4 is 34.5 Å². The summed E-state index contributed by atoms with van der Waals surface area (Å²) in [6.07, 6.45) is 4.26. The van der Waals surface area contributed by atoms with Gasteiger partial charge in [0, 0.05) is 27.7 Å². The second-order valence-corrected chi connectivity index (χ2v) is 6.18. The predicted molar refractivity (Wildman–Crippen MR) is 76.6 cm³/mol. The van der Waals surface area contributed by atoms with E-state index < -0.39 is 0 Å². The fourth-order valence-electron chi connectivity index (χ4n) is 1.89. The van der Waals surface area contributed by atoms with Crippen molar-refractivity contribution in [2.45, 2.75) is 24.9 Å². The summed E-state index contributed by atoms with van der Waals surface area (Å²) < 4.78 is 0. The van der Waals surface area contributed by atoms with E-state index in [0.717, 1.165) is 15.6 Å². The number of halogens is 2. The van der Waals surface area contributed by atoms with E-state index in [0.29, 0.717) is 11.1 Å². The average Bonchev–Trinajstić information content (AvgIpc) is 3.01. The largest absolute Gasteiger partial charge is 0.301 e. The standard InChI is InChI=1S/C13H12Cl2N2S/c14-8-1-4-11(15)10(7-8)12(17-9-2-3-9)13-16-5-6-18-13/h1,4-7,9,12,17H,2-3H2. The molecule has 3 rings (SSSR count). The van der Waals surface area contributed by atoms with Crippen LogP contribution in [0.4, 0.5) is 0 Å². The Balaban J connectivity index is 1.98. The Hall–Kier alpha value is -0.610. The molecule has 0 bridgehead atoms. The molecule has 0 spiro atoms. The summed E-state index contributed by atoms with van der Waals surface area (Å²) in [7, 11) is 0. The Morgan fingerprint density at radius 2 is 2.17 bits per heavy atom. The summed E-state index contributed by atoms with van der Waals surface area (Å²) >= 11 is 14.0. The molecule has 94 valence electrons. The van der Waals surface area contributed by atoms with Gasteiger partial charge in [0.05, 0.1) is 6.04 Å². The highest BCUT2D eigenvalue weighted by Gasteiger charge is 2.28. The van der Waals surface area contributed by atoms with E-state index in [-0.39, 0.29) is 6.04 Å². The van der Waals surface area contributed by atoms with Gasteiger partial charge >= 0.3 is 0 Å². The highest BCUT2D eigenvalue weighted by molar-refractivity contribution is 7.09. The number of nitrogens with one attached hydrogen (secondary N) is 1. The van der Waals surface area contributed by atoms with Gasteiger partial charge in [-0.1, -0.05) is 23.2 Å². The summed E-state index contributed by atoms with van der Waals surface area (Å²) in [5.41, 5.74) is 1.01. The van der Waals surface area contributed by atoms with E-state index in [4.69, 9.17) is 23.2 Å². The number of benzene rings is 1. The summed E-state index contributed by atoms with van der Waals surface area (Å²) in [6, 6.07) is 6.20. The van der Waals surface area contributed by atoms with Crippen molar-refractivity contribution in [1.82, 2.24) is 10.3 Å². The van der Waals surface area contributed by atoms with Gasteiger partial charge in [0.2, 0.25) is 0 Å². The fourth-order valence-corrected chi connectivity index (χ4v) is 3.01. The van der Waals surface area contributed by atoms with Crippen molar-refractivity contribution in [2.75, 3.05) is 0 Å². The molecule has 0 saturated heterocycles. The van der Waals surface area contributed by atoms with Gasteiger partial charge in [-0.3, -0.25) is 0 Å². The van der Waals surface area contributed by atoms with Crippen LogP contribution >= 0.6 is 34.5 Å². The second-order valence-electron chi connectivity index (χ2n) is 4.41. The molecule has 1 aromatic heterocycles. The van der Waals surface area contributed by atoms with Crippen LogP contribution < -0.4 is 5.32 Å². The summed E-state index contributed by atoms with van der Waals surface area (Å²) in [5, 5.41) is 8.03. The first-order valence-electron chi connectivity index (χ1n) is 5.84. The highest BCUT2D eigenvalue weighted by atomic mass is 35.5. The number of hydrogen-bond acceptors (Lipinski definition) is 3. The van der Waals surface area contributed by atoms with Crippen LogP contribution in [-0.2, 0) is 0 Å². The third-order valence-corrected chi connectivity index (χ3v) is 4.37. The zero-order chi connectivity index (χ0) is 12.5. The molecule has 0 aliphatic heterocycles. The van der Waals surface area contributed by atoms with E-state index in [1.807, 2.05) is 29.8 Å². The summed E-state index contributed by atoms with van der Waals surface area (Å²) in [6.45, 7) is 0. The average molecular weight is 299 g/mol. The Morgan fingerprint density at radius 1 is 1.33 bits per heavy atom. The van der Waals surface area contributed by atoms with E-state index in [1.54, 1.807) is 11.3 Å². The van der Waals surface area contributed by atoms with Crippen LogP contribution in [0, 0.1) is 0 Å². The van der Waals surface area contributed by atoms with Gasteiger partial charge in [-0.15, -0.1) is 11.3 Å². The minimum atomic E-state index is 0.0451. The first-order valence-corrected chi connectivity index (χ1v) is 7.48. The number of aromatic nitrogens is 1. The molecule has 0 amide bonds. The Kier molecular flexibility index (Phi) is 3.57. The van der Waals surface area contributed by atoms with E-state index in [2.05, 4.69) is 10.3 Å². The van der Waals surface area contributed by atoms with Crippen molar-refractivity contribution in [2.24, 2.45) is 0 Å². The maximum absolute atomic E-state index is 6.29. The first kappa shape index (κ1) is 12.4. The van der Waals surface area contributed by atoms with E-state index in [1.165, 1.54) is 12.8 Å². The van der Waals surface area contributed by atoms with Crippen LogP contribution in [-0.4, -0.2) is 11.0 Å². The molecule has 18 heavy (non-hydrogen) atoms. The third kappa shape index (κ3) is 2.69. The van der Waals surface area contributed by atoms with Crippen molar-refractivity contribution in [3.05, 3.63) is 50.4 Å².